The number of hydrogen-bond acceptors (Lipinski definition) is 6. The van der Waals surface area contributed by atoms with Crippen LogP contribution in [0.1, 0.15) is 19.4 Å². The molecular weight excluding hydrogens is 352 g/mol. The summed E-state index contributed by atoms with van der Waals surface area (Å²) in [5.74, 6) is 3.14. The van der Waals surface area contributed by atoms with Gasteiger partial charge in [-0.15, -0.1) is 0 Å². The number of hydrogen-bond donors (Lipinski definition) is 1. The lowest BCUT2D eigenvalue weighted by molar-refractivity contribution is 0.171. The van der Waals surface area contributed by atoms with Crippen LogP contribution in [0.4, 0.5) is 17.3 Å². The molecule has 0 saturated carbocycles. The lowest BCUT2D eigenvalue weighted by atomic mass is 10.2. The summed E-state index contributed by atoms with van der Waals surface area (Å²) in [5, 5.41) is 3.34. The maximum atomic E-state index is 5.66. The van der Waals surface area contributed by atoms with Crippen molar-refractivity contribution in [3.8, 4) is 11.5 Å². The Bertz CT molecular complexity index is 931. The summed E-state index contributed by atoms with van der Waals surface area (Å²) in [7, 11) is 0. The monoisotopic (exact) mass is 376 g/mol. The van der Waals surface area contributed by atoms with Gasteiger partial charge in [0.2, 0.25) is 0 Å². The third-order valence-corrected chi connectivity index (χ3v) is 4.58. The Labute approximate surface area is 165 Å². The molecule has 0 aliphatic carbocycles. The van der Waals surface area contributed by atoms with E-state index in [0.717, 1.165) is 35.4 Å². The Balaban J connectivity index is 1.54. The number of aromatic nitrogens is 2. The first-order chi connectivity index (χ1) is 13.7. The van der Waals surface area contributed by atoms with Crippen LogP contribution in [-0.2, 0) is 6.54 Å². The zero-order chi connectivity index (χ0) is 19.3. The van der Waals surface area contributed by atoms with E-state index in [2.05, 4.69) is 58.3 Å². The number of benzene rings is 2. The Kier molecular flexibility index (Phi) is 5.28. The third-order valence-electron chi connectivity index (χ3n) is 4.58. The van der Waals surface area contributed by atoms with E-state index in [1.54, 1.807) is 6.33 Å². The molecule has 1 N–H and O–H groups in total. The van der Waals surface area contributed by atoms with Crippen molar-refractivity contribution in [3.63, 3.8) is 0 Å². The number of ether oxygens (including phenoxy) is 2. The van der Waals surface area contributed by atoms with Crippen LogP contribution < -0.4 is 19.7 Å². The summed E-state index contributed by atoms with van der Waals surface area (Å²) in [6.07, 6.45) is 1.59. The van der Waals surface area contributed by atoms with E-state index in [9.17, 15) is 0 Å². The zero-order valence-electron chi connectivity index (χ0n) is 16.1. The normalized spacial score (nSPS) is 12.7. The van der Waals surface area contributed by atoms with E-state index < -0.39 is 0 Å². The fourth-order valence-corrected chi connectivity index (χ4v) is 3.15. The van der Waals surface area contributed by atoms with Gasteiger partial charge in [0.25, 0.3) is 0 Å². The number of fused-ring (bicyclic) bond motifs is 1. The molecule has 0 radical (unpaired) electrons. The van der Waals surface area contributed by atoms with Crippen LogP contribution in [0.5, 0.6) is 11.5 Å². The molecule has 6 heteroatoms. The fourth-order valence-electron chi connectivity index (χ4n) is 3.15. The molecule has 3 aromatic rings. The highest BCUT2D eigenvalue weighted by molar-refractivity contribution is 5.63. The van der Waals surface area contributed by atoms with Gasteiger partial charge in [-0.25, -0.2) is 9.97 Å². The van der Waals surface area contributed by atoms with E-state index in [1.807, 2.05) is 30.3 Å². The molecule has 0 fully saturated rings. The molecule has 0 saturated heterocycles. The van der Waals surface area contributed by atoms with Gasteiger partial charge >= 0.3 is 0 Å². The average Bonchev–Trinajstić information content (AvgIpc) is 2.73. The maximum absolute atomic E-state index is 5.66. The van der Waals surface area contributed by atoms with Gasteiger partial charge in [0.15, 0.2) is 11.5 Å². The van der Waals surface area contributed by atoms with Crippen molar-refractivity contribution in [1.29, 1.82) is 0 Å². The van der Waals surface area contributed by atoms with Gasteiger partial charge in [-0.1, -0.05) is 30.3 Å². The summed E-state index contributed by atoms with van der Waals surface area (Å²) in [5.41, 5.74) is 2.14. The number of nitrogens with zero attached hydrogens (tertiary/aromatic N) is 3. The molecule has 1 aliphatic rings. The van der Waals surface area contributed by atoms with Crippen molar-refractivity contribution >= 4 is 17.3 Å². The number of rotatable bonds is 6. The first kappa shape index (κ1) is 18.1. The van der Waals surface area contributed by atoms with Gasteiger partial charge in [0.05, 0.1) is 0 Å². The molecule has 0 atom stereocenters. The van der Waals surface area contributed by atoms with Crippen molar-refractivity contribution in [3.05, 3.63) is 66.5 Å². The fraction of sp³-hybridized carbons (Fsp3) is 0.273. The van der Waals surface area contributed by atoms with Gasteiger partial charge in [-0.05, 0) is 31.5 Å². The van der Waals surface area contributed by atoms with Gasteiger partial charge in [-0.2, -0.15) is 0 Å². The highest BCUT2D eigenvalue weighted by Gasteiger charge is 2.15. The van der Waals surface area contributed by atoms with E-state index in [-0.39, 0.29) is 0 Å². The van der Waals surface area contributed by atoms with Crippen molar-refractivity contribution in [2.75, 3.05) is 23.4 Å². The van der Waals surface area contributed by atoms with Crippen LogP contribution in [0.25, 0.3) is 0 Å². The Hall–Kier alpha value is -3.28. The smallest absolute Gasteiger partial charge is 0.163 e. The molecule has 28 heavy (non-hydrogen) atoms. The number of anilines is 3. The topological polar surface area (TPSA) is 59.5 Å². The van der Waals surface area contributed by atoms with Crippen molar-refractivity contribution in [2.24, 2.45) is 0 Å². The first-order valence-electron chi connectivity index (χ1n) is 9.48. The molecule has 2 heterocycles. The van der Waals surface area contributed by atoms with Crippen molar-refractivity contribution in [2.45, 2.75) is 26.4 Å². The summed E-state index contributed by atoms with van der Waals surface area (Å²) in [4.78, 5) is 11.1. The van der Waals surface area contributed by atoms with Crippen LogP contribution in [0.3, 0.4) is 0 Å². The molecule has 6 nitrogen and oxygen atoms in total. The predicted molar refractivity (Wildman–Crippen MR) is 111 cm³/mol. The molecule has 1 aromatic heterocycles. The first-order valence-corrected chi connectivity index (χ1v) is 9.48. The standard InChI is InChI=1S/C22H24N4O2/c1-16(2)26(14-17-6-4-3-5-7-17)22-13-21(23-15-24-22)25-18-8-9-19-20(12-18)28-11-10-27-19/h3-9,12-13,15-16H,10-11,14H2,1-2H3,(H,23,24,25). The second-order valence-electron chi connectivity index (χ2n) is 6.95. The molecular formula is C22H24N4O2. The molecule has 0 spiro atoms. The van der Waals surface area contributed by atoms with Gasteiger partial charge in [0, 0.05) is 30.4 Å². The lowest BCUT2D eigenvalue weighted by Crippen LogP contribution is -2.31. The summed E-state index contributed by atoms with van der Waals surface area (Å²) in [6.45, 7) is 6.27. The minimum absolute atomic E-state index is 0.303. The molecule has 0 bridgehead atoms. The Morgan fingerprint density at radius 2 is 1.75 bits per heavy atom. The molecule has 144 valence electrons. The summed E-state index contributed by atoms with van der Waals surface area (Å²) in [6, 6.07) is 18.5. The quantitative estimate of drug-likeness (QED) is 0.688. The Morgan fingerprint density at radius 3 is 2.54 bits per heavy atom. The van der Waals surface area contributed by atoms with Gasteiger partial charge in [0.1, 0.15) is 31.2 Å². The molecule has 0 unspecified atom stereocenters. The minimum Gasteiger partial charge on any atom is -0.486 e. The second kappa shape index (κ2) is 8.17. The SMILES string of the molecule is CC(C)N(Cc1ccccc1)c1cc(Nc2ccc3c(c2)OCCO3)ncn1. The summed E-state index contributed by atoms with van der Waals surface area (Å²) < 4.78 is 11.2. The van der Waals surface area contributed by atoms with Crippen molar-refractivity contribution in [1.82, 2.24) is 9.97 Å². The van der Waals surface area contributed by atoms with Gasteiger partial charge in [-0.3, -0.25) is 0 Å². The van der Waals surface area contributed by atoms with Crippen LogP contribution >= 0.6 is 0 Å². The van der Waals surface area contributed by atoms with Crippen LogP contribution in [0.2, 0.25) is 0 Å². The van der Waals surface area contributed by atoms with E-state index in [0.29, 0.717) is 19.3 Å². The van der Waals surface area contributed by atoms with Crippen molar-refractivity contribution < 1.29 is 9.47 Å². The zero-order valence-corrected chi connectivity index (χ0v) is 16.1. The largest absolute Gasteiger partial charge is 0.486 e. The highest BCUT2D eigenvalue weighted by Crippen LogP contribution is 2.33. The van der Waals surface area contributed by atoms with Crippen LogP contribution in [0, 0.1) is 0 Å². The average molecular weight is 376 g/mol. The van der Waals surface area contributed by atoms with E-state index in [4.69, 9.17) is 9.47 Å². The number of nitrogens with one attached hydrogen (secondary N) is 1. The van der Waals surface area contributed by atoms with Crippen LogP contribution in [0.15, 0.2) is 60.9 Å². The third kappa shape index (κ3) is 4.17. The second-order valence-corrected chi connectivity index (χ2v) is 6.95. The molecule has 2 aromatic carbocycles. The molecule has 4 rings (SSSR count). The minimum atomic E-state index is 0.303. The predicted octanol–water partition coefficient (Wildman–Crippen LogP) is 4.41. The van der Waals surface area contributed by atoms with Gasteiger partial charge < -0.3 is 19.7 Å². The van der Waals surface area contributed by atoms with Crippen LogP contribution in [-0.4, -0.2) is 29.2 Å². The van der Waals surface area contributed by atoms with E-state index in [1.165, 1.54) is 5.56 Å². The van der Waals surface area contributed by atoms with E-state index >= 15 is 0 Å². The molecule has 1 aliphatic heterocycles. The lowest BCUT2D eigenvalue weighted by Gasteiger charge is -2.28. The Morgan fingerprint density at radius 1 is 0.964 bits per heavy atom. The molecule has 0 amide bonds. The maximum Gasteiger partial charge on any atom is 0.163 e. The highest BCUT2D eigenvalue weighted by atomic mass is 16.6. The summed E-state index contributed by atoms with van der Waals surface area (Å²) >= 11 is 0.